The maximum atomic E-state index is 11.9. The largest absolute Gasteiger partial charge is 0.322 e. The lowest BCUT2D eigenvalue weighted by Crippen LogP contribution is -2.28. The van der Waals surface area contributed by atoms with Crippen molar-refractivity contribution in [3.63, 3.8) is 0 Å². The van der Waals surface area contributed by atoms with Crippen molar-refractivity contribution in [2.45, 2.75) is 0 Å². The zero-order valence-corrected chi connectivity index (χ0v) is 13.1. The van der Waals surface area contributed by atoms with Crippen molar-refractivity contribution in [1.82, 2.24) is 9.97 Å². The number of amides is 1. The SMILES string of the molecule is O=C(/C=C/c1ccc(Cl)s1)Nc1ccc2[nH]c(=O)c(=O)[nH]c2c1. The van der Waals surface area contributed by atoms with Gasteiger partial charge in [0, 0.05) is 16.6 Å². The molecule has 0 spiro atoms. The molecule has 2 aromatic heterocycles. The number of rotatable bonds is 3. The number of carbonyl (C=O) groups excluding carboxylic acids is 1. The van der Waals surface area contributed by atoms with Crippen LogP contribution in [0.25, 0.3) is 17.1 Å². The lowest BCUT2D eigenvalue weighted by molar-refractivity contribution is -0.111. The summed E-state index contributed by atoms with van der Waals surface area (Å²) in [6.07, 6.45) is 3.05. The highest BCUT2D eigenvalue weighted by Crippen LogP contribution is 2.22. The summed E-state index contributed by atoms with van der Waals surface area (Å²) in [4.78, 5) is 40.2. The standard InChI is InChI=1S/C15H10ClN3O3S/c16-12-5-2-9(23-12)3-6-13(20)17-8-1-4-10-11(7-8)19-15(22)14(21)18-10/h1-7H,(H,17,20)(H,18,21)(H,19,22)/b6-3+. The van der Waals surface area contributed by atoms with E-state index >= 15 is 0 Å². The molecule has 0 aliphatic rings. The second-order valence-corrected chi connectivity index (χ2v) is 6.38. The number of nitrogens with one attached hydrogen (secondary N) is 3. The van der Waals surface area contributed by atoms with Crippen molar-refractivity contribution >= 4 is 51.6 Å². The molecule has 0 saturated heterocycles. The Morgan fingerprint density at radius 3 is 2.52 bits per heavy atom. The highest BCUT2D eigenvalue weighted by atomic mass is 35.5. The number of anilines is 1. The van der Waals surface area contributed by atoms with Gasteiger partial charge in [0.05, 0.1) is 15.4 Å². The molecule has 1 amide bonds. The molecule has 3 aromatic rings. The molecule has 3 N–H and O–H groups in total. The third-order valence-corrected chi connectivity index (χ3v) is 4.18. The van der Waals surface area contributed by atoms with Crippen LogP contribution in [0, 0.1) is 0 Å². The second kappa shape index (κ2) is 6.23. The highest BCUT2D eigenvalue weighted by Gasteiger charge is 2.03. The van der Waals surface area contributed by atoms with Gasteiger partial charge in [-0.2, -0.15) is 0 Å². The summed E-state index contributed by atoms with van der Waals surface area (Å²) >= 11 is 7.18. The van der Waals surface area contributed by atoms with Crippen LogP contribution in [-0.2, 0) is 4.79 Å². The van der Waals surface area contributed by atoms with Gasteiger partial charge in [0.2, 0.25) is 5.91 Å². The first kappa shape index (κ1) is 15.3. The van der Waals surface area contributed by atoms with E-state index < -0.39 is 11.1 Å². The molecule has 2 heterocycles. The van der Waals surface area contributed by atoms with Crippen molar-refractivity contribution in [3.8, 4) is 0 Å². The van der Waals surface area contributed by atoms with Gasteiger partial charge in [0.1, 0.15) is 0 Å². The van der Waals surface area contributed by atoms with E-state index in [1.54, 1.807) is 30.3 Å². The topological polar surface area (TPSA) is 94.8 Å². The van der Waals surface area contributed by atoms with Gasteiger partial charge in [-0.25, -0.2) is 0 Å². The molecule has 0 saturated carbocycles. The Hall–Kier alpha value is -2.64. The zero-order chi connectivity index (χ0) is 16.4. The van der Waals surface area contributed by atoms with E-state index in [1.807, 2.05) is 6.07 Å². The van der Waals surface area contributed by atoms with Gasteiger partial charge in [-0.05, 0) is 36.4 Å². The highest BCUT2D eigenvalue weighted by molar-refractivity contribution is 7.17. The minimum absolute atomic E-state index is 0.319. The van der Waals surface area contributed by atoms with Gasteiger partial charge in [-0.15, -0.1) is 11.3 Å². The molecule has 0 unspecified atom stereocenters. The third-order valence-electron chi connectivity index (χ3n) is 2.98. The van der Waals surface area contributed by atoms with Crippen molar-refractivity contribution in [1.29, 1.82) is 0 Å². The Labute approximate surface area is 138 Å². The monoisotopic (exact) mass is 347 g/mol. The Morgan fingerprint density at radius 1 is 1.09 bits per heavy atom. The van der Waals surface area contributed by atoms with Crippen LogP contribution in [0.1, 0.15) is 4.88 Å². The lowest BCUT2D eigenvalue weighted by Gasteiger charge is -2.03. The van der Waals surface area contributed by atoms with Gasteiger partial charge in [-0.3, -0.25) is 14.4 Å². The molecule has 8 heteroatoms. The molecular formula is C15H10ClN3O3S. The first-order valence-electron chi connectivity index (χ1n) is 6.52. The van der Waals surface area contributed by atoms with E-state index in [4.69, 9.17) is 11.6 Å². The van der Waals surface area contributed by atoms with Gasteiger partial charge >= 0.3 is 11.1 Å². The molecular weight excluding hydrogens is 338 g/mol. The fourth-order valence-corrected chi connectivity index (χ4v) is 2.92. The number of halogens is 1. The van der Waals surface area contributed by atoms with E-state index in [2.05, 4.69) is 15.3 Å². The number of hydrogen-bond acceptors (Lipinski definition) is 4. The van der Waals surface area contributed by atoms with Crippen molar-refractivity contribution in [3.05, 3.63) is 66.3 Å². The molecule has 0 radical (unpaired) electrons. The van der Waals surface area contributed by atoms with Crippen LogP contribution >= 0.6 is 22.9 Å². The van der Waals surface area contributed by atoms with Crippen LogP contribution in [-0.4, -0.2) is 15.9 Å². The Morgan fingerprint density at radius 2 is 1.83 bits per heavy atom. The van der Waals surface area contributed by atoms with Crippen LogP contribution in [0.4, 0.5) is 5.69 Å². The summed E-state index contributed by atoms with van der Waals surface area (Å²) in [6, 6.07) is 8.37. The first-order valence-corrected chi connectivity index (χ1v) is 7.71. The lowest BCUT2D eigenvalue weighted by atomic mass is 10.2. The van der Waals surface area contributed by atoms with Crippen LogP contribution in [0.2, 0.25) is 4.34 Å². The Bertz CT molecular complexity index is 1030. The number of carbonyl (C=O) groups is 1. The van der Waals surface area contributed by atoms with Gasteiger partial charge in [-0.1, -0.05) is 11.6 Å². The normalized spacial score (nSPS) is 11.2. The molecule has 0 atom stereocenters. The van der Waals surface area contributed by atoms with E-state index in [0.717, 1.165) is 4.88 Å². The van der Waals surface area contributed by atoms with Crippen LogP contribution in [0.3, 0.4) is 0 Å². The number of hydrogen-bond donors (Lipinski definition) is 3. The van der Waals surface area contributed by atoms with Gasteiger partial charge < -0.3 is 15.3 Å². The minimum atomic E-state index is -0.740. The third kappa shape index (κ3) is 3.58. The predicted molar refractivity (Wildman–Crippen MR) is 92.2 cm³/mol. The first-order chi connectivity index (χ1) is 11.0. The molecule has 0 fully saturated rings. The quantitative estimate of drug-likeness (QED) is 0.502. The molecule has 3 rings (SSSR count). The molecule has 6 nitrogen and oxygen atoms in total. The van der Waals surface area contributed by atoms with Crippen molar-refractivity contribution < 1.29 is 4.79 Å². The average Bonchev–Trinajstić information content (AvgIpc) is 2.92. The Kier molecular flexibility index (Phi) is 4.14. The zero-order valence-electron chi connectivity index (χ0n) is 11.6. The van der Waals surface area contributed by atoms with E-state index in [9.17, 15) is 14.4 Å². The number of aromatic nitrogens is 2. The van der Waals surface area contributed by atoms with Crippen LogP contribution in [0.5, 0.6) is 0 Å². The molecule has 0 bridgehead atoms. The maximum Gasteiger partial charge on any atom is 0.314 e. The number of fused-ring (bicyclic) bond motifs is 1. The number of H-pyrrole nitrogens is 2. The summed E-state index contributed by atoms with van der Waals surface area (Å²) in [7, 11) is 0. The predicted octanol–water partition coefficient (Wildman–Crippen LogP) is 2.58. The van der Waals surface area contributed by atoms with Crippen LogP contribution < -0.4 is 16.4 Å². The van der Waals surface area contributed by atoms with Crippen LogP contribution in [0.15, 0.2) is 46.0 Å². The van der Waals surface area contributed by atoms with Gasteiger partial charge in [0.25, 0.3) is 0 Å². The number of aromatic amines is 2. The van der Waals surface area contributed by atoms with Crippen molar-refractivity contribution in [2.75, 3.05) is 5.32 Å². The summed E-state index contributed by atoms with van der Waals surface area (Å²) < 4.78 is 0.650. The minimum Gasteiger partial charge on any atom is -0.322 e. The molecule has 116 valence electrons. The molecule has 0 aliphatic carbocycles. The molecule has 1 aromatic carbocycles. The maximum absolute atomic E-state index is 11.9. The molecule has 0 aliphatic heterocycles. The summed E-state index contributed by atoms with van der Waals surface area (Å²) in [5, 5.41) is 2.68. The number of thiophene rings is 1. The van der Waals surface area contributed by atoms with Crippen molar-refractivity contribution in [2.24, 2.45) is 0 Å². The summed E-state index contributed by atoms with van der Waals surface area (Å²) in [6.45, 7) is 0. The molecule has 23 heavy (non-hydrogen) atoms. The second-order valence-electron chi connectivity index (χ2n) is 4.63. The summed E-state index contributed by atoms with van der Waals surface area (Å²) in [5.41, 5.74) is -0.0425. The fourth-order valence-electron chi connectivity index (χ4n) is 1.95. The van der Waals surface area contributed by atoms with E-state index in [-0.39, 0.29) is 5.91 Å². The van der Waals surface area contributed by atoms with Gasteiger partial charge in [0.15, 0.2) is 0 Å². The smallest absolute Gasteiger partial charge is 0.314 e. The van der Waals surface area contributed by atoms with E-state index in [1.165, 1.54) is 17.4 Å². The average molecular weight is 348 g/mol. The summed E-state index contributed by atoms with van der Waals surface area (Å²) in [5.74, 6) is -0.319. The Balaban J connectivity index is 1.79. The fraction of sp³-hybridized carbons (Fsp3) is 0. The van der Waals surface area contributed by atoms with E-state index in [0.29, 0.717) is 21.1 Å². The number of benzene rings is 1.